The summed E-state index contributed by atoms with van der Waals surface area (Å²) in [4.78, 5) is 23.2. The molecule has 0 saturated heterocycles. The molecule has 0 aliphatic heterocycles. The van der Waals surface area contributed by atoms with Gasteiger partial charge < -0.3 is 14.2 Å². The van der Waals surface area contributed by atoms with Gasteiger partial charge in [-0.1, -0.05) is 0 Å². The van der Waals surface area contributed by atoms with Gasteiger partial charge in [0.15, 0.2) is 5.41 Å². The lowest BCUT2D eigenvalue weighted by molar-refractivity contribution is -0.196. The normalized spacial score (nSPS) is 22.7. The number of rotatable bonds is 4. The quantitative estimate of drug-likeness (QED) is 0.506. The van der Waals surface area contributed by atoms with Crippen LogP contribution in [0.1, 0.15) is 19.8 Å². The van der Waals surface area contributed by atoms with E-state index in [4.69, 9.17) is 4.74 Å². The van der Waals surface area contributed by atoms with Crippen molar-refractivity contribution in [1.82, 2.24) is 0 Å². The molecule has 0 N–H and O–H groups in total. The summed E-state index contributed by atoms with van der Waals surface area (Å²) in [6.45, 7) is 2.28. The van der Waals surface area contributed by atoms with E-state index in [1.165, 1.54) is 14.2 Å². The van der Waals surface area contributed by atoms with Gasteiger partial charge in [-0.05, 0) is 19.8 Å². The first-order chi connectivity index (χ1) is 7.13. The lowest BCUT2D eigenvalue weighted by Gasteiger charge is -2.43. The Labute approximate surface area is 88.7 Å². The fourth-order valence-corrected chi connectivity index (χ4v) is 1.89. The van der Waals surface area contributed by atoms with Gasteiger partial charge in [0.1, 0.15) is 0 Å². The van der Waals surface area contributed by atoms with E-state index in [-0.39, 0.29) is 0 Å². The number of hydrogen-bond donors (Lipinski definition) is 0. The van der Waals surface area contributed by atoms with Crippen LogP contribution in [-0.2, 0) is 23.8 Å². The predicted molar refractivity (Wildman–Crippen MR) is 51.1 cm³/mol. The largest absolute Gasteiger partial charge is 0.468 e. The van der Waals surface area contributed by atoms with Gasteiger partial charge in [0.25, 0.3) is 0 Å². The SMILES string of the molecule is CCO[C@@H]1CCC1(C(=O)OC)C(=O)OC. The molecule has 86 valence electrons. The predicted octanol–water partition coefficient (Wildman–Crippen LogP) is 0.518. The fraction of sp³-hybridized carbons (Fsp3) is 0.800. The number of hydrogen-bond acceptors (Lipinski definition) is 5. The molecule has 0 spiro atoms. The minimum atomic E-state index is -1.24. The molecule has 0 aromatic rings. The second-order valence-corrected chi connectivity index (χ2v) is 3.44. The fourth-order valence-electron chi connectivity index (χ4n) is 1.89. The Morgan fingerprint density at radius 1 is 1.27 bits per heavy atom. The minimum absolute atomic E-state index is 0.414. The van der Waals surface area contributed by atoms with Gasteiger partial charge in [-0.2, -0.15) is 0 Å². The Morgan fingerprint density at radius 2 is 1.80 bits per heavy atom. The van der Waals surface area contributed by atoms with Crippen molar-refractivity contribution in [2.24, 2.45) is 5.41 Å². The van der Waals surface area contributed by atoms with E-state index in [1.54, 1.807) is 0 Å². The molecule has 0 heterocycles. The highest BCUT2D eigenvalue weighted by Gasteiger charge is 2.61. The number of methoxy groups -OCH3 is 2. The van der Waals surface area contributed by atoms with E-state index in [9.17, 15) is 9.59 Å². The molecule has 1 saturated carbocycles. The van der Waals surface area contributed by atoms with Gasteiger partial charge in [0.05, 0.1) is 20.3 Å². The maximum Gasteiger partial charge on any atom is 0.325 e. The number of carbonyl (C=O) groups is 2. The zero-order valence-corrected chi connectivity index (χ0v) is 9.24. The van der Waals surface area contributed by atoms with Gasteiger partial charge in [-0.25, -0.2) is 0 Å². The van der Waals surface area contributed by atoms with Gasteiger partial charge in [-0.15, -0.1) is 0 Å². The van der Waals surface area contributed by atoms with Crippen LogP contribution in [0.3, 0.4) is 0 Å². The molecule has 0 radical (unpaired) electrons. The van der Waals surface area contributed by atoms with Crippen molar-refractivity contribution in [3.63, 3.8) is 0 Å². The second-order valence-electron chi connectivity index (χ2n) is 3.44. The maximum atomic E-state index is 11.6. The molecule has 0 bridgehead atoms. The van der Waals surface area contributed by atoms with Crippen molar-refractivity contribution < 1.29 is 23.8 Å². The average Bonchev–Trinajstić information content (AvgIpc) is 2.24. The highest BCUT2D eigenvalue weighted by Crippen LogP contribution is 2.45. The molecule has 0 unspecified atom stereocenters. The molecule has 0 aromatic carbocycles. The number of carbonyl (C=O) groups excluding carboxylic acids is 2. The van der Waals surface area contributed by atoms with Gasteiger partial charge in [0, 0.05) is 6.61 Å². The summed E-state index contributed by atoms with van der Waals surface area (Å²) in [5.74, 6) is -1.14. The first-order valence-corrected chi connectivity index (χ1v) is 4.91. The van der Waals surface area contributed by atoms with E-state index < -0.39 is 23.5 Å². The summed E-state index contributed by atoms with van der Waals surface area (Å²) in [5, 5.41) is 0. The van der Waals surface area contributed by atoms with Gasteiger partial charge in [0.2, 0.25) is 0 Å². The molecule has 15 heavy (non-hydrogen) atoms. The maximum absolute atomic E-state index is 11.6. The second kappa shape index (κ2) is 4.61. The summed E-state index contributed by atoms with van der Waals surface area (Å²) in [6, 6.07) is 0. The Balaban J connectivity index is 2.87. The first kappa shape index (κ1) is 12.0. The molecule has 5 heteroatoms. The molecule has 0 amide bonds. The topological polar surface area (TPSA) is 61.8 Å². The Morgan fingerprint density at radius 3 is 2.07 bits per heavy atom. The van der Waals surface area contributed by atoms with E-state index in [1.807, 2.05) is 6.92 Å². The van der Waals surface area contributed by atoms with Crippen LogP contribution in [0.15, 0.2) is 0 Å². The summed E-state index contributed by atoms with van der Waals surface area (Å²) in [5.41, 5.74) is -1.24. The standard InChI is InChI=1S/C10H16O5/c1-4-15-7-5-6-10(7,8(11)13-2)9(12)14-3/h7H,4-6H2,1-3H3/t7-/m1/s1. The Kier molecular flexibility index (Phi) is 3.68. The summed E-state index contributed by atoms with van der Waals surface area (Å²) in [7, 11) is 2.52. The monoisotopic (exact) mass is 216 g/mol. The highest BCUT2D eigenvalue weighted by atomic mass is 16.6. The smallest absolute Gasteiger partial charge is 0.325 e. The molecular formula is C10H16O5. The first-order valence-electron chi connectivity index (χ1n) is 4.91. The van der Waals surface area contributed by atoms with Crippen molar-refractivity contribution in [2.45, 2.75) is 25.9 Å². The molecule has 1 aliphatic rings. The lowest BCUT2D eigenvalue weighted by atomic mass is 9.66. The van der Waals surface area contributed by atoms with Crippen LogP contribution in [-0.4, -0.2) is 38.9 Å². The third-order valence-corrected chi connectivity index (χ3v) is 2.82. The van der Waals surface area contributed by atoms with Crippen molar-refractivity contribution in [3.8, 4) is 0 Å². The third-order valence-electron chi connectivity index (χ3n) is 2.82. The van der Waals surface area contributed by atoms with Crippen LogP contribution < -0.4 is 0 Å². The summed E-state index contributed by atoms with van der Waals surface area (Å²) >= 11 is 0. The van der Waals surface area contributed by atoms with Crippen LogP contribution in [0.25, 0.3) is 0 Å². The van der Waals surface area contributed by atoms with E-state index in [0.717, 1.165) is 0 Å². The van der Waals surface area contributed by atoms with Crippen LogP contribution in [0, 0.1) is 5.41 Å². The molecule has 1 fully saturated rings. The Bertz CT molecular complexity index is 245. The zero-order valence-electron chi connectivity index (χ0n) is 9.24. The molecule has 0 aromatic heterocycles. The van der Waals surface area contributed by atoms with E-state index in [2.05, 4.69) is 9.47 Å². The summed E-state index contributed by atoms with van der Waals surface area (Å²) < 4.78 is 14.6. The molecule has 5 nitrogen and oxygen atoms in total. The van der Waals surface area contributed by atoms with Crippen molar-refractivity contribution in [3.05, 3.63) is 0 Å². The number of esters is 2. The third kappa shape index (κ3) is 1.71. The molecule has 1 aliphatic carbocycles. The summed E-state index contributed by atoms with van der Waals surface area (Å²) in [6.07, 6.45) is 0.692. The lowest BCUT2D eigenvalue weighted by Crippen LogP contribution is -2.58. The molecule has 1 rings (SSSR count). The molecule has 1 atom stereocenters. The van der Waals surface area contributed by atoms with Gasteiger partial charge >= 0.3 is 11.9 Å². The number of ether oxygens (including phenoxy) is 3. The highest BCUT2D eigenvalue weighted by molar-refractivity contribution is 6.02. The minimum Gasteiger partial charge on any atom is -0.468 e. The average molecular weight is 216 g/mol. The zero-order chi connectivity index (χ0) is 11.5. The van der Waals surface area contributed by atoms with Crippen molar-refractivity contribution >= 4 is 11.9 Å². The Hall–Kier alpha value is -1.10. The van der Waals surface area contributed by atoms with Crippen LogP contribution in [0.2, 0.25) is 0 Å². The van der Waals surface area contributed by atoms with Crippen LogP contribution >= 0.6 is 0 Å². The van der Waals surface area contributed by atoms with E-state index >= 15 is 0 Å². The van der Waals surface area contributed by atoms with Crippen LogP contribution in [0.5, 0.6) is 0 Å². The van der Waals surface area contributed by atoms with Crippen LogP contribution in [0.4, 0.5) is 0 Å². The van der Waals surface area contributed by atoms with Gasteiger partial charge in [-0.3, -0.25) is 9.59 Å². The van der Waals surface area contributed by atoms with E-state index in [0.29, 0.717) is 19.4 Å². The molecular weight excluding hydrogens is 200 g/mol. The van der Waals surface area contributed by atoms with Crippen molar-refractivity contribution in [2.75, 3.05) is 20.8 Å². The van der Waals surface area contributed by atoms with Crippen molar-refractivity contribution in [1.29, 1.82) is 0 Å².